The Morgan fingerprint density at radius 2 is 1.84 bits per heavy atom. The Morgan fingerprint density at radius 1 is 1.26 bits per heavy atom. The Balaban J connectivity index is 2.51. The van der Waals surface area contributed by atoms with Crippen LogP contribution in [0.15, 0.2) is 0 Å². The molecule has 0 atom stereocenters. The molecule has 1 aliphatic carbocycles. The zero-order chi connectivity index (χ0) is 14.5. The van der Waals surface area contributed by atoms with E-state index in [0.717, 1.165) is 30.6 Å². The van der Waals surface area contributed by atoms with Crippen LogP contribution < -0.4 is 11.1 Å². The van der Waals surface area contributed by atoms with E-state index in [2.05, 4.69) is 12.2 Å². The number of carbonyl (C=O) groups is 3. The SMILES string of the molecule is CC1(CNC(=O)N(CC(N)=O)CC(=O)O)CCCC1. The second kappa shape index (κ2) is 6.40. The van der Waals surface area contributed by atoms with E-state index in [1.165, 1.54) is 0 Å². The second-order valence-corrected chi connectivity index (χ2v) is 5.39. The molecule has 0 aromatic carbocycles. The number of urea groups is 1. The Hall–Kier alpha value is -1.79. The summed E-state index contributed by atoms with van der Waals surface area (Å²) < 4.78 is 0. The number of hydrogen-bond donors (Lipinski definition) is 3. The van der Waals surface area contributed by atoms with Crippen LogP contribution in [-0.4, -0.2) is 47.5 Å². The number of nitrogens with two attached hydrogens (primary N) is 1. The number of carbonyl (C=O) groups excluding carboxylic acids is 2. The monoisotopic (exact) mass is 271 g/mol. The number of hydrogen-bond acceptors (Lipinski definition) is 3. The molecule has 4 N–H and O–H groups in total. The van der Waals surface area contributed by atoms with Gasteiger partial charge in [-0.25, -0.2) is 4.79 Å². The molecule has 1 saturated carbocycles. The van der Waals surface area contributed by atoms with Crippen LogP contribution in [0.2, 0.25) is 0 Å². The number of nitrogens with zero attached hydrogens (tertiary/aromatic N) is 1. The van der Waals surface area contributed by atoms with E-state index in [1.54, 1.807) is 0 Å². The fourth-order valence-electron chi connectivity index (χ4n) is 2.36. The van der Waals surface area contributed by atoms with Gasteiger partial charge in [0.15, 0.2) is 0 Å². The molecule has 0 aromatic heterocycles. The number of primary amides is 1. The largest absolute Gasteiger partial charge is 0.480 e. The van der Waals surface area contributed by atoms with Crippen LogP contribution in [-0.2, 0) is 9.59 Å². The zero-order valence-corrected chi connectivity index (χ0v) is 11.1. The summed E-state index contributed by atoms with van der Waals surface area (Å²) in [4.78, 5) is 34.2. The summed E-state index contributed by atoms with van der Waals surface area (Å²) in [7, 11) is 0. The van der Waals surface area contributed by atoms with Gasteiger partial charge in [0.1, 0.15) is 13.1 Å². The number of carboxylic acid groups (broad SMARTS) is 1. The Labute approximate surface area is 112 Å². The van der Waals surface area contributed by atoms with Crippen LogP contribution in [0.1, 0.15) is 32.6 Å². The Kier molecular flexibility index (Phi) is 5.14. The first-order chi connectivity index (χ1) is 8.82. The molecule has 3 amide bonds. The van der Waals surface area contributed by atoms with Crippen molar-refractivity contribution >= 4 is 17.9 Å². The van der Waals surface area contributed by atoms with Gasteiger partial charge in [-0.3, -0.25) is 9.59 Å². The first-order valence-corrected chi connectivity index (χ1v) is 6.35. The molecule has 0 spiro atoms. The first kappa shape index (κ1) is 15.3. The highest BCUT2D eigenvalue weighted by Crippen LogP contribution is 2.36. The van der Waals surface area contributed by atoms with E-state index >= 15 is 0 Å². The quantitative estimate of drug-likeness (QED) is 0.638. The van der Waals surface area contributed by atoms with Crippen LogP contribution in [0.3, 0.4) is 0 Å². The van der Waals surface area contributed by atoms with E-state index in [0.29, 0.717) is 6.54 Å². The van der Waals surface area contributed by atoms with Crippen molar-refractivity contribution in [2.24, 2.45) is 11.1 Å². The zero-order valence-electron chi connectivity index (χ0n) is 11.1. The highest BCUT2D eigenvalue weighted by atomic mass is 16.4. The van der Waals surface area contributed by atoms with Gasteiger partial charge in [-0.15, -0.1) is 0 Å². The van der Waals surface area contributed by atoms with E-state index < -0.39 is 31.0 Å². The maximum absolute atomic E-state index is 11.9. The lowest BCUT2D eigenvalue weighted by molar-refractivity contribution is -0.137. The summed E-state index contributed by atoms with van der Waals surface area (Å²) in [5.41, 5.74) is 5.06. The molecular weight excluding hydrogens is 250 g/mol. The van der Waals surface area contributed by atoms with E-state index in [1.807, 2.05) is 0 Å². The predicted molar refractivity (Wildman–Crippen MR) is 68.4 cm³/mol. The van der Waals surface area contributed by atoms with Crippen molar-refractivity contribution in [3.8, 4) is 0 Å². The molecule has 1 rings (SSSR count). The fraction of sp³-hybridized carbons (Fsp3) is 0.750. The lowest BCUT2D eigenvalue weighted by atomic mass is 9.89. The van der Waals surface area contributed by atoms with Crippen LogP contribution in [0, 0.1) is 5.41 Å². The van der Waals surface area contributed by atoms with Crippen molar-refractivity contribution in [3.63, 3.8) is 0 Å². The predicted octanol–water partition coefficient (Wildman–Crippen LogP) is 0.148. The highest BCUT2D eigenvalue weighted by molar-refractivity contribution is 5.85. The molecule has 0 aliphatic heterocycles. The van der Waals surface area contributed by atoms with Gasteiger partial charge in [0, 0.05) is 6.54 Å². The minimum atomic E-state index is -1.18. The number of rotatable bonds is 6. The third-order valence-corrected chi connectivity index (χ3v) is 3.44. The average Bonchev–Trinajstić information content (AvgIpc) is 2.71. The van der Waals surface area contributed by atoms with Crippen molar-refractivity contribution in [3.05, 3.63) is 0 Å². The van der Waals surface area contributed by atoms with Crippen molar-refractivity contribution in [1.29, 1.82) is 0 Å². The van der Waals surface area contributed by atoms with Crippen molar-refractivity contribution < 1.29 is 19.5 Å². The van der Waals surface area contributed by atoms with Crippen molar-refractivity contribution in [1.82, 2.24) is 10.2 Å². The average molecular weight is 271 g/mol. The molecule has 7 nitrogen and oxygen atoms in total. The first-order valence-electron chi connectivity index (χ1n) is 6.35. The molecule has 0 unspecified atom stereocenters. The van der Waals surface area contributed by atoms with Crippen molar-refractivity contribution in [2.75, 3.05) is 19.6 Å². The Morgan fingerprint density at radius 3 is 2.32 bits per heavy atom. The minimum Gasteiger partial charge on any atom is -0.480 e. The molecule has 1 fully saturated rings. The van der Waals surface area contributed by atoms with Gasteiger partial charge >= 0.3 is 12.0 Å². The van der Waals surface area contributed by atoms with E-state index in [4.69, 9.17) is 10.8 Å². The number of carboxylic acids is 1. The summed E-state index contributed by atoms with van der Waals surface area (Å²) in [6.07, 6.45) is 4.38. The third-order valence-electron chi connectivity index (χ3n) is 3.44. The summed E-state index contributed by atoms with van der Waals surface area (Å²) in [6.45, 7) is 1.65. The van der Waals surface area contributed by atoms with Crippen LogP contribution in [0.5, 0.6) is 0 Å². The minimum absolute atomic E-state index is 0.0667. The lowest BCUT2D eigenvalue weighted by Gasteiger charge is -2.26. The van der Waals surface area contributed by atoms with Crippen LogP contribution in [0.25, 0.3) is 0 Å². The summed E-state index contributed by atoms with van der Waals surface area (Å²) in [6, 6.07) is -0.561. The van der Waals surface area contributed by atoms with Gasteiger partial charge in [0.05, 0.1) is 0 Å². The Bertz CT molecular complexity index is 348. The smallest absolute Gasteiger partial charge is 0.323 e. The van der Waals surface area contributed by atoms with Gasteiger partial charge in [0.25, 0.3) is 0 Å². The number of amides is 3. The maximum Gasteiger partial charge on any atom is 0.323 e. The molecule has 0 bridgehead atoms. The van der Waals surface area contributed by atoms with Crippen LogP contribution in [0.4, 0.5) is 4.79 Å². The molecule has 0 saturated heterocycles. The van der Waals surface area contributed by atoms with Crippen molar-refractivity contribution in [2.45, 2.75) is 32.6 Å². The summed E-state index contributed by atoms with van der Waals surface area (Å²) in [5, 5.41) is 11.4. The number of aliphatic carboxylic acids is 1. The highest BCUT2D eigenvalue weighted by Gasteiger charge is 2.30. The summed E-state index contributed by atoms with van der Waals surface area (Å²) in [5.74, 6) is -1.91. The molecule has 108 valence electrons. The van der Waals surface area contributed by atoms with Gasteiger partial charge in [-0.1, -0.05) is 19.8 Å². The maximum atomic E-state index is 11.9. The van der Waals surface area contributed by atoms with Gasteiger partial charge in [-0.2, -0.15) is 0 Å². The molecule has 7 heteroatoms. The normalized spacial score (nSPS) is 16.9. The van der Waals surface area contributed by atoms with Gasteiger partial charge in [-0.05, 0) is 18.3 Å². The van der Waals surface area contributed by atoms with E-state index in [-0.39, 0.29) is 5.41 Å². The van der Waals surface area contributed by atoms with Gasteiger partial charge < -0.3 is 21.1 Å². The molecular formula is C12H21N3O4. The second-order valence-electron chi connectivity index (χ2n) is 5.39. The topological polar surface area (TPSA) is 113 Å². The molecule has 0 radical (unpaired) electrons. The lowest BCUT2D eigenvalue weighted by Crippen LogP contribution is -2.48. The van der Waals surface area contributed by atoms with E-state index in [9.17, 15) is 14.4 Å². The standard InChI is InChI=1S/C12H21N3O4/c1-12(4-2-3-5-12)8-14-11(19)15(6-9(13)16)7-10(17)18/h2-8H2,1H3,(H2,13,16)(H,14,19)(H,17,18). The molecule has 0 aromatic rings. The molecule has 1 aliphatic rings. The fourth-order valence-corrected chi connectivity index (χ4v) is 2.36. The van der Waals surface area contributed by atoms with Crippen LogP contribution >= 0.6 is 0 Å². The molecule has 0 heterocycles. The van der Waals surface area contributed by atoms with Gasteiger partial charge in [0.2, 0.25) is 5.91 Å². The third kappa shape index (κ3) is 5.15. The number of nitrogens with one attached hydrogen (secondary N) is 1. The molecule has 19 heavy (non-hydrogen) atoms. The summed E-state index contributed by atoms with van der Waals surface area (Å²) >= 11 is 0.